The van der Waals surface area contributed by atoms with Gasteiger partial charge in [0.25, 0.3) is 0 Å². The lowest BCUT2D eigenvalue weighted by molar-refractivity contribution is 0.111. The van der Waals surface area contributed by atoms with E-state index in [1.54, 1.807) is 10.6 Å². The van der Waals surface area contributed by atoms with E-state index in [-0.39, 0.29) is 0 Å². The van der Waals surface area contributed by atoms with Gasteiger partial charge in [0.1, 0.15) is 5.75 Å². The topological polar surface area (TPSA) is 44.1 Å². The number of carbonyl (C=O) groups excluding carboxylic acids is 1. The van der Waals surface area contributed by atoms with Crippen LogP contribution < -0.4 is 4.74 Å². The van der Waals surface area contributed by atoms with Crippen molar-refractivity contribution in [1.29, 1.82) is 0 Å². The minimum absolute atomic E-state index is 0.559. The van der Waals surface area contributed by atoms with Gasteiger partial charge in [0.05, 0.1) is 23.0 Å². The van der Waals surface area contributed by atoms with Crippen LogP contribution in [0.25, 0.3) is 16.4 Å². The van der Waals surface area contributed by atoms with E-state index in [1.807, 2.05) is 42.8 Å². The SMILES string of the molecule is CCOc1ccc(-c2csc(-n3cccc3C=O)n2)cc1Cl. The number of aromatic nitrogens is 2. The summed E-state index contributed by atoms with van der Waals surface area (Å²) in [6.45, 7) is 2.49. The van der Waals surface area contributed by atoms with Crippen LogP contribution in [0.5, 0.6) is 5.75 Å². The molecule has 0 radical (unpaired) electrons. The molecule has 6 heteroatoms. The lowest BCUT2D eigenvalue weighted by Gasteiger charge is -2.06. The summed E-state index contributed by atoms with van der Waals surface area (Å²) >= 11 is 7.68. The fourth-order valence-corrected chi connectivity index (χ4v) is 3.18. The fraction of sp³-hybridized carbons (Fsp3) is 0.125. The second kappa shape index (κ2) is 6.34. The van der Waals surface area contributed by atoms with Crippen LogP contribution in [-0.2, 0) is 0 Å². The predicted molar refractivity (Wildman–Crippen MR) is 88.4 cm³/mol. The molecule has 0 aliphatic heterocycles. The number of halogens is 1. The predicted octanol–water partition coefficient (Wildman–Crippen LogP) is 4.47. The molecule has 4 nitrogen and oxygen atoms in total. The maximum Gasteiger partial charge on any atom is 0.194 e. The Labute approximate surface area is 136 Å². The molecule has 0 saturated carbocycles. The van der Waals surface area contributed by atoms with Crippen molar-refractivity contribution in [3.05, 3.63) is 52.6 Å². The van der Waals surface area contributed by atoms with Gasteiger partial charge in [-0.1, -0.05) is 11.6 Å². The second-order valence-electron chi connectivity index (χ2n) is 4.51. The largest absolute Gasteiger partial charge is 0.492 e. The molecule has 0 N–H and O–H groups in total. The van der Waals surface area contributed by atoms with Crippen molar-refractivity contribution in [2.24, 2.45) is 0 Å². The van der Waals surface area contributed by atoms with Gasteiger partial charge < -0.3 is 4.74 Å². The van der Waals surface area contributed by atoms with E-state index < -0.39 is 0 Å². The van der Waals surface area contributed by atoms with Crippen LogP contribution >= 0.6 is 22.9 Å². The molecule has 112 valence electrons. The molecule has 1 aromatic carbocycles. The van der Waals surface area contributed by atoms with Gasteiger partial charge in [0.15, 0.2) is 11.4 Å². The molecule has 22 heavy (non-hydrogen) atoms. The molecular weight excluding hydrogens is 320 g/mol. The molecule has 0 saturated heterocycles. The summed E-state index contributed by atoms with van der Waals surface area (Å²) in [4.78, 5) is 15.6. The number of thiazole rings is 1. The summed E-state index contributed by atoms with van der Waals surface area (Å²) in [5.41, 5.74) is 2.30. The van der Waals surface area contributed by atoms with Crippen molar-refractivity contribution < 1.29 is 9.53 Å². The van der Waals surface area contributed by atoms with E-state index in [0.29, 0.717) is 23.1 Å². The average molecular weight is 333 g/mol. The summed E-state index contributed by atoms with van der Waals surface area (Å²) in [5.74, 6) is 0.664. The maximum atomic E-state index is 11.0. The number of nitrogens with zero attached hydrogens (tertiary/aromatic N) is 2. The van der Waals surface area contributed by atoms with E-state index in [1.165, 1.54) is 11.3 Å². The Kier molecular flexibility index (Phi) is 4.27. The van der Waals surface area contributed by atoms with Gasteiger partial charge in [-0.15, -0.1) is 11.3 Å². The fourth-order valence-electron chi connectivity index (χ4n) is 2.10. The van der Waals surface area contributed by atoms with Gasteiger partial charge in [-0.25, -0.2) is 4.98 Å². The highest BCUT2D eigenvalue weighted by atomic mass is 35.5. The van der Waals surface area contributed by atoms with Crippen LogP contribution in [0.2, 0.25) is 5.02 Å². The minimum atomic E-state index is 0.559. The van der Waals surface area contributed by atoms with Gasteiger partial charge in [-0.3, -0.25) is 9.36 Å². The van der Waals surface area contributed by atoms with Gasteiger partial charge in [0, 0.05) is 17.1 Å². The lowest BCUT2D eigenvalue weighted by atomic mass is 10.2. The summed E-state index contributed by atoms with van der Waals surface area (Å²) in [7, 11) is 0. The van der Waals surface area contributed by atoms with Crippen molar-refractivity contribution >= 4 is 29.2 Å². The standard InChI is InChI=1S/C16H13ClN2O2S/c1-2-21-15-6-5-11(8-13(15)17)14-10-22-16(18-14)19-7-3-4-12(19)9-20/h3-10H,2H2,1H3. The Balaban J connectivity index is 1.94. The van der Waals surface area contributed by atoms with Crippen LogP contribution in [0, 0.1) is 0 Å². The Hall–Kier alpha value is -2.11. The van der Waals surface area contributed by atoms with E-state index in [2.05, 4.69) is 4.98 Å². The smallest absolute Gasteiger partial charge is 0.194 e. The summed E-state index contributed by atoms with van der Waals surface area (Å²) in [6.07, 6.45) is 2.63. The highest BCUT2D eigenvalue weighted by molar-refractivity contribution is 7.12. The summed E-state index contributed by atoms with van der Waals surface area (Å²) in [5, 5.41) is 3.24. The van der Waals surface area contributed by atoms with Crippen LogP contribution in [0.1, 0.15) is 17.4 Å². The van der Waals surface area contributed by atoms with E-state index in [4.69, 9.17) is 16.3 Å². The van der Waals surface area contributed by atoms with E-state index in [0.717, 1.165) is 22.7 Å². The molecule has 3 rings (SSSR count). The van der Waals surface area contributed by atoms with E-state index >= 15 is 0 Å². The first-order valence-corrected chi connectivity index (χ1v) is 8.00. The third-order valence-electron chi connectivity index (χ3n) is 3.13. The van der Waals surface area contributed by atoms with Crippen LogP contribution in [0.4, 0.5) is 0 Å². The Bertz CT molecular complexity index is 810. The van der Waals surface area contributed by atoms with Gasteiger partial charge >= 0.3 is 0 Å². The molecule has 2 heterocycles. The normalized spacial score (nSPS) is 10.6. The lowest BCUT2D eigenvalue weighted by Crippen LogP contribution is -1.96. The first-order chi connectivity index (χ1) is 10.7. The monoisotopic (exact) mass is 332 g/mol. The van der Waals surface area contributed by atoms with Crippen LogP contribution in [-0.4, -0.2) is 22.4 Å². The molecule has 2 aromatic heterocycles. The number of aldehydes is 1. The molecule has 0 amide bonds. The molecular formula is C16H13ClN2O2S. The third-order valence-corrected chi connectivity index (χ3v) is 4.26. The zero-order valence-electron chi connectivity index (χ0n) is 11.8. The highest BCUT2D eigenvalue weighted by Gasteiger charge is 2.10. The number of ether oxygens (including phenoxy) is 1. The maximum absolute atomic E-state index is 11.0. The van der Waals surface area contributed by atoms with Crippen molar-refractivity contribution in [1.82, 2.24) is 9.55 Å². The Morgan fingerprint density at radius 2 is 2.27 bits per heavy atom. The molecule has 0 bridgehead atoms. The quantitative estimate of drug-likeness (QED) is 0.648. The third kappa shape index (κ3) is 2.77. The zero-order chi connectivity index (χ0) is 15.5. The first-order valence-electron chi connectivity index (χ1n) is 6.74. The number of carbonyl (C=O) groups is 1. The molecule has 0 spiro atoms. The molecule has 0 fully saturated rings. The van der Waals surface area contributed by atoms with Gasteiger partial charge in [0.2, 0.25) is 0 Å². The van der Waals surface area contributed by atoms with Crippen molar-refractivity contribution in [2.45, 2.75) is 6.92 Å². The van der Waals surface area contributed by atoms with Crippen molar-refractivity contribution in [3.8, 4) is 22.1 Å². The Morgan fingerprint density at radius 3 is 3.00 bits per heavy atom. The zero-order valence-corrected chi connectivity index (χ0v) is 13.4. The highest BCUT2D eigenvalue weighted by Crippen LogP contribution is 2.31. The second-order valence-corrected chi connectivity index (χ2v) is 5.76. The molecule has 3 aromatic rings. The number of rotatable bonds is 5. The number of hydrogen-bond acceptors (Lipinski definition) is 4. The minimum Gasteiger partial charge on any atom is -0.492 e. The summed E-state index contributed by atoms with van der Waals surface area (Å²) in [6, 6.07) is 9.17. The summed E-state index contributed by atoms with van der Waals surface area (Å²) < 4.78 is 7.19. The molecule has 0 unspecified atom stereocenters. The molecule has 0 aliphatic carbocycles. The van der Waals surface area contributed by atoms with E-state index in [9.17, 15) is 4.79 Å². The number of benzene rings is 1. The van der Waals surface area contributed by atoms with Crippen molar-refractivity contribution in [2.75, 3.05) is 6.61 Å². The van der Waals surface area contributed by atoms with Gasteiger partial charge in [-0.2, -0.15) is 0 Å². The molecule has 0 aliphatic rings. The average Bonchev–Trinajstić information content (AvgIpc) is 3.17. The van der Waals surface area contributed by atoms with Crippen LogP contribution in [0.15, 0.2) is 41.9 Å². The van der Waals surface area contributed by atoms with Crippen molar-refractivity contribution in [3.63, 3.8) is 0 Å². The first kappa shape index (κ1) is 14.8. The molecule has 0 atom stereocenters. The number of hydrogen-bond donors (Lipinski definition) is 0. The Morgan fingerprint density at radius 1 is 1.41 bits per heavy atom. The van der Waals surface area contributed by atoms with Crippen LogP contribution in [0.3, 0.4) is 0 Å². The van der Waals surface area contributed by atoms with Gasteiger partial charge in [-0.05, 0) is 37.3 Å².